The predicted octanol–water partition coefficient (Wildman–Crippen LogP) is 2.89. The molecule has 2 aromatic carbocycles. The zero-order chi connectivity index (χ0) is 20.0. The van der Waals surface area contributed by atoms with Crippen LogP contribution in [0.5, 0.6) is 0 Å². The molecule has 28 heavy (non-hydrogen) atoms. The first-order valence-electron chi connectivity index (χ1n) is 8.93. The first-order chi connectivity index (χ1) is 13.5. The van der Waals surface area contributed by atoms with Gasteiger partial charge >= 0.3 is 0 Å². The number of nitrogens with one attached hydrogen (secondary N) is 2. The summed E-state index contributed by atoms with van der Waals surface area (Å²) in [5.74, 6) is 0. The van der Waals surface area contributed by atoms with Crippen molar-refractivity contribution in [2.45, 2.75) is 11.3 Å². The number of hydrogen-bond acceptors (Lipinski definition) is 4. The number of halogens is 1. The molecule has 0 spiro atoms. The Balaban J connectivity index is 1.63. The van der Waals surface area contributed by atoms with Crippen molar-refractivity contribution >= 4 is 44.6 Å². The van der Waals surface area contributed by atoms with Gasteiger partial charge in [-0.2, -0.15) is 4.31 Å². The monoisotopic (exact) mass is 439 g/mol. The highest BCUT2D eigenvalue weighted by atomic mass is 35.5. The van der Waals surface area contributed by atoms with Crippen molar-refractivity contribution in [3.8, 4) is 0 Å². The van der Waals surface area contributed by atoms with Crippen LogP contribution >= 0.6 is 23.8 Å². The van der Waals surface area contributed by atoms with Crippen LogP contribution in [-0.4, -0.2) is 50.7 Å². The van der Waals surface area contributed by atoms with Crippen LogP contribution in [0.4, 0.5) is 5.69 Å². The third kappa shape index (κ3) is 5.42. The summed E-state index contributed by atoms with van der Waals surface area (Å²) in [4.78, 5) is 0.0631. The fraction of sp³-hybridized carbons (Fsp3) is 0.316. The number of sulfonamides is 1. The lowest BCUT2D eigenvalue weighted by Crippen LogP contribution is -2.40. The molecule has 150 valence electrons. The second-order valence-corrected chi connectivity index (χ2v) is 9.00. The Morgan fingerprint density at radius 1 is 1.14 bits per heavy atom. The van der Waals surface area contributed by atoms with E-state index in [4.69, 9.17) is 28.6 Å². The zero-order valence-corrected chi connectivity index (χ0v) is 17.6. The number of hydrogen-bond donors (Lipinski definition) is 2. The SMILES string of the molecule is O=S(=O)(c1cc(NC(=S)NCCc2ccccc2)ccc1Cl)N1CCOCC1. The van der Waals surface area contributed by atoms with Crippen LogP contribution in [0.1, 0.15) is 5.56 Å². The van der Waals surface area contributed by atoms with Crippen molar-refractivity contribution in [1.82, 2.24) is 9.62 Å². The van der Waals surface area contributed by atoms with Gasteiger partial charge in [-0.25, -0.2) is 8.42 Å². The van der Waals surface area contributed by atoms with Crippen LogP contribution in [0.2, 0.25) is 5.02 Å². The maximum atomic E-state index is 12.9. The molecule has 0 bridgehead atoms. The summed E-state index contributed by atoms with van der Waals surface area (Å²) in [6.45, 7) is 2.06. The molecule has 1 aliphatic heterocycles. The van der Waals surface area contributed by atoms with Crippen LogP contribution in [0.25, 0.3) is 0 Å². The molecule has 0 radical (unpaired) electrons. The molecule has 0 atom stereocenters. The first kappa shape index (κ1) is 21.0. The highest BCUT2D eigenvalue weighted by Gasteiger charge is 2.28. The van der Waals surface area contributed by atoms with E-state index in [1.807, 2.05) is 18.2 Å². The maximum absolute atomic E-state index is 12.9. The van der Waals surface area contributed by atoms with E-state index in [1.54, 1.807) is 12.1 Å². The molecule has 0 aliphatic carbocycles. The van der Waals surface area contributed by atoms with Gasteiger partial charge in [-0.1, -0.05) is 41.9 Å². The highest BCUT2D eigenvalue weighted by Crippen LogP contribution is 2.28. The smallest absolute Gasteiger partial charge is 0.244 e. The lowest BCUT2D eigenvalue weighted by Gasteiger charge is -2.26. The number of benzene rings is 2. The third-order valence-corrected chi connectivity index (χ3v) is 6.95. The Labute approximate surface area is 175 Å². The number of morpholine rings is 1. The fourth-order valence-electron chi connectivity index (χ4n) is 2.85. The highest BCUT2D eigenvalue weighted by molar-refractivity contribution is 7.89. The molecule has 2 N–H and O–H groups in total. The number of anilines is 1. The van der Waals surface area contributed by atoms with Crippen LogP contribution < -0.4 is 10.6 Å². The van der Waals surface area contributed by atoms with Crippen LogP contribution in [-0.2, 0) is 21.2 Å². The molecule has 9 heteroatoms. The zero-order valence-electron chi connectivity index (χ0n) is 15.2. The summed E-state index contributed by atoms with van der Waals surface area (Å²) >= 11 is 11.5. The van der Waals surface area contributed by atoms with E-state index in [0.29, 0.717) is 43.6 Å². The van der Waals surface area contributed by atoms with Crippen molar-refractivity contribution in [3.05, 3.63) is 59.1 Å². The minimum atomic E-state index is -3.69. The molecule has 3 rings (SSSR count). The van der Waals surface area contributed by atoms with Gasteiger partial charge < -0.3 is 15.4 Å². The van der Waals surface area contributed by atoms with E-state index < -0.39 is 10.0 Å². The summed E-state index contributed by atoms with van der Waals surface area (Å²) in [5, 5.41) is 6.76. The number of rotatable bonds is 6. The van der Waals surface area contributed by atoms with Gasteiger partial charge in [-0.3, -0.25) is 0 Å². The molecule has 1 heterocycles. The quantitative estimate of drug-likeness (QED) is 0.674. The second kappa shape index (κ2) is 9.67. The van der Waals surface area contributed by atoms with Crippen molar-refractivity contribution in [1.29, 1.82) is 0 Å². The molecular formula is C19H22ClN3O3S2. The first-order valence-corrected chi connectivity index (χ1v) is 11.2. The topological polar surface area (TPSA) is 70.7 Å². The molecule has 6 nitrogen and oxygen atoms in total. The predicted molar refractivity (Wildman–Crippen MR) is 115 cm³/mol. The summed E-state index contributed by atoms with van der Waals surface area (Å²) in [7, 11) is -3.69. The summed E-state index contributed by atoms with van der Waals surface area (Å²) < 4.78 is 32.4. The molecule has 2 aromatic rings. The van der Waals surface area contributed by atoms with Gasteiger partial charge in [0.2, 0.25) is 10.0 Å². The number of nitrogens with zero attached hydrogens (tertiary/aromatic N) is 1. The molecule has 1 aliphatic rings. The number of ether oxygens (including phenoxy) is 1. The van der Waals surface area contributed by atoms with E-state index in [9.17, 15) is 8.42 Å². The Morgan fingerprint density at radius 2 is 1.86 bits per heavy atom. The third-order valence-electron chi connectivity index (χ3n) is 4.32. The van der Waals surface area contributed by atoms with Crippen molar-refractivity contribution in [3.63, 3.8) is 0 Å². The molecular weight excluding hydrogens is 418 g/mol. The average Bonchev–Trinajstić information content (AvgIpc) is 2.71. The normalized spacial score (nSPS) is 15.2. The van der Waals surface area contributed by atoms with E-state index in [1.165, 1.54) is 15.9 Å². The fourth-order valence-corrected chi connectivity index (χ4v) is 4.97. The minimum Gasteiger partial charge on any atom is -0.379 e. The van der Waals surface area contributed by atoms with Gasteiger partial charge in [0.15, 0.2) is 5.11 Å². The van der Waals surface area contributed by atoms with Crippen LogP contribution in [0, 0.1) is 0 Å². The van der Waals surface area contributed by atoms with E-state index in [-0.39, 0.29) is 9.92 Å². The van der Waals surface area contributed by atoms with Gasteiger partial charge in [-0.05, 0) is 42.4 Å². The molecule has 0 amide bonds. The summed E-state index contributed by atoms with van der Waals surface area (Å²) in [5.41, 5.74) is 1.77. The van der Waals surface area contributed by atoms with Gasteiger partial charge in [0.25, 0.3) is 0 Å². The standard InChI is InChI=1S/C19H22ClN3O3S2/c20-17-7-6-16(14-18(17)28(24,25)23-10-12-26-13-11-23)22-19(27)21-9-8-15-4-2-1-3-5-15/h1-7,14H,8-13H2,(H2,21,22,27). The van der Waals surface area contributed by atoms with Gasteiger partial charge in [-0.15, -0.1) is 0 Å². The number of thiocarbonyl (C=S) groups is 1. The van der Waals surface area contributed by atoms with Gasteiger partial charge in [0, 0.05) is 25.3 Å². The Hall–Kier alpha value is -1.71. The minimum absolute atomic E-state index is 0.0631. The Bertz CT molecular complexity index is 917. The Kier molecular flexibility index (Phi) is 7.25. The van der Waals surface area contributed by atoms with Crippen molar-refractivity contribution < 1.29 is 13.2 Å². The average molecular weight is 440 g/mol. The summed E-state index contributed by atoms with van der Waals surface area (Å²) in [6.07, 6.45) is 0.833. The van der Waals surface area contributed by atoms with E-state index in [0.717, 1.165) is 6.42 Å². The Morgan fingerprint density at radius 3 is 2.57 bits per heavy atom. The van der Waals surface area contributed by atoms with Crippen molar-refractivity contribution in [2.75, 3.05) is 38.2 Å². The summed E-state index contributed by atoms with van der Waals surface area (Å²) in [6, 6.07) is 14.9. The van der Waals surface area contributed by atoms with Crippen molar-refractivity contribution in [2.24, 2.45) is 0 Å². The molecule has 0 aromatic heterocycles. The molecule has 0 unspecified atom stereocenters. The van der Waals surface area contributed by atoms with Crippen LogP contribution in [0.3, 0.4) is 0 Å². The molecule has 1 fully saturated rings. The maximum Gasteiger partial charge on any atom is 0.244 e. The van der Waals surface area contributed by atoms with E-state index >= 15 is 0 Å². The van der Waals surface area contributed by atoms with Gasteiger partial charge in [0.1, 0.15) is 4.90 Å². The largest absolute Gasteiger partial charge is 0.379 e. The molecule has 0 saturated carbocycles. The van der Waals surface area contributed by atoms with Gasteiger partial charge in [0.05, 0.1) is 18.2 Å². The van der Waals surface area contributed by atoms with E-state index in [2.05, 4.69) is 22.8 Å². The second-order valence-electron chi connectivity index (χ2n) is 6.28. The lowest BCUT2D eigenvalue weighted by molar-refractivity contribution is 0.0730. The lowest BCUT2D eigenvalue weighted by atomic mass is 10.1. The molecule has 1 saturated heterocycles. The van der Waals surface area contributed by atoms with Crippen LogP contribution in [0.15, 0.2) is 53.4 Å².